The summed E-state index contributed by atoms with van der Waals surface area (Å²) in [4.78, 5) is 16.0. The third-order valence-corrected chi connectivity index (χ3v) is 6.56. The summed E-state index contributed by atoms with van der Waals surface area (Å²) in [6, 6.07) is 19.7. The third-order valence-electron chi connectivity index (χ3n) is 6.56. The van der Waals surface area contributed by atoms with Crippen LogP contribution >= 0.6 is 0 Å². The molecule has 3 aromatic carbocycles. The number of nitrogens with zero attached hydrogens (tertiary/aromatic N) is 2. The van der Waals surface area contributed by atoms with E-state index in [9.17, 15) is 4.79 Å². The molecule has 2 aliphatic rings. The lowest BCUT2D eigenvalue weighted by molar-refractivity contribution is 0.104. The summed E-state index contributed by atoms with van der Waals surface area (Å²) in [5, 5.41) is 8.79. The number of rotatable bonds is 3. The Kier molecular flexibility index (Phi) is 4.10. The summed E-state index contributed by atoms with van der Waals surface area (Å²) in [5.74, 6) is 1.42. The number of carbonyl (C=O) groups excluding carboxylic acids is 1. The van der Waals surface area contributed by atoms with Crippen LogP contribution in [0.2, 0.25) is 0 Å². The van der Waals surface area contributed by atoms with Gasteiger partial charge in [0.1, 0.15) is 5.52 Å². The molecular formula is C26H23N3O2. The molecule has 0 spiro atoms. The highest BCUT2D eigenvalue weighted by Crippen LogP contribution is 2.46. The van der Waals surface area contributed by atoms with E-state index < -0.39 is 0 Å². The highest BCUT2D eigenvalue weighted by molar-refractivity contribution is 6.28. The zero-order valence-electron chi connectivity index (χ0n) is 17.4. The Morgan fingerprint density at radius 2 is 1.71 bits per heavy atom. The van der Waals surface area contributed by atoms with E-state index in [-0.39, 0.29) is 5.78 Å². The van der Waals surface area contributed by atoms with Crippen LogP contribution in [0.4, 0.5) is 17.1 Å². The molecule has 0 saturated carbocycles. The molecule has 5 heteroatoms. The van der Waals surface area contributed by atoms with E-state index in [0.717, 1.165) is 65.4 Å². The standard InChI is InChI=1S/C26H23N3O2/c1-16-11-13-29(14-12-16)21-15-20(27-17-7-3-2-4-8-17)22-23-24(21)28-31-26(23)19-10-6-5-9-18(19)25(22)30/h2-10,15-16,27H,11-14H2,1H3. The predicted octanol–water partition coefficient (Wildman–Crippen LogP) is 6.02. The zero-order valence-corrected chi connectivity index (χ0v) is 17.4. The molecule has 1 saturated heterocycles. The number of aromatic nitrogens is 1. The van der Waals surface area contributed by atoms with Crippen LogP contribution in [0.5, 0.6) is 0 Å². The van der Waals surface area contributed by atoms with Gasteiger partial charge in [-0.3, -0.25) is 4.79 Å². The van der Waals surface area contributed by atoms with E-state index in [0.29, 0.717) is 16.9 Å². The van der Waals surface area contributed by atoms with Crippen LogP contribution in [0.1, 0.15) is 35.7 Å². The second-order valence-corrected chi connectivity index (χ2v) is 8.59. The highest BCUT2D eigenvalue weighted by Gasteiger charge is 2.34. The van der Waals surface area contributed by atoms with Crippen LogP contribution in [-0.4, -0.2) is 24.0 Å². The molecule has 0 radical (unpaired) electrons. The molecule has 0 atom stereocenters. The van der Waals surface area contributed by atoms with Crippen molar-refractivity contribution in [1.29, 1.82) is 0 Å². The van der Waals surface area contributed by atoms with E-state index in [2.05, 4.69) is 28.4 Å². The van der Waals surface area contributed by atoms with E-state index >= 15 is 0 Å². The minimum absolute atomic E-state index is 0.00791. The molecule has 31 heavy (non-hydrogen) atoms. The normalized spacial score (nSPS) is 15.9. The van der Waals surface area contributed by atoms with Gasteiger partial charge in [0.2, 0.25) is 0 Å². The molecule has 1 aliphatic carbocycles. The number of para-hydroxylation sites is 1. The summed E-state index contributed by atoms with van der Waals surface area (Å²) in [5.41, 5.74) is 5.67. The molecule has 0 amide bonds. The number of fused-ring (bicyclic) bond motifs is 2. The van der Waals surface area contributed by atoms with Crippen LogP contribution in [0.15, 0.2) is 65.2 Å². The van der Waals surface area contributed by atoms with Crippen molar-refractivity contribution in [3.63, 3.8) is 0 Å². The topological polar surface area (TPSA) is 58.4 Å². The van der Waals surface area contributed by atoms with Crippen molar-refractivity contribution in [3.05, 3.63) is 71.8 Å². The van der Waals surface area contributed by atoms with E-state index in [1.807, 2.05) is 54.6 Å². The number of benzene rings is 3. The number of piperidine rings is 1. The van der Waals surface area contributed by atoms with Gasteiger partial charge in [0.15, 0.2) is 11.5 Å². The van der Waals surface area contributed by atoms with Gasteiger partial charge in [-0.05, 0) is 37.0 Å². The average Bonchev–Trinajstić information content (AvgIpc) is 3.24. The molecule has 6 rings (SSSR count). The third kappa shape index (κ3) is 2.84. The van der Waals surface area contributed by atoms with Crippen molar-refractivity contribution in [1.82, 2.24) is 5.16 Å². The maximum atomic E-state index is 13.6. The first kappa shape index (κ1) is 18.2. The van der Waals surface area contributed by atoms with E-state index in [1.54, 1.807) is 0 Å². The molecule has 1 fully saturated rings. The number of hydrogen-bond acceptors (Lipinski definition) is 5. The summed E-state index contributed by atoms with van der Waals surface area (Å²) < 4.78 is 5.87. The van der Waals surface area contributed by atoms with Crippen LogP contribution in [-0.2, 0) is 0 Å². The Bertz CT molecular complexity index is 1300. The number of ketones is 1. The molecule has 0 unspecified atom stereocenters. The minimum atomic E-state index is 0.00791. The Labute approximate surface area is 180 Å². The first-order valence-corrected chi connectivity index (χ1v) is 10.9. The first-order valence-electron chi connectivity index (χ1n) is 10.9. The monoisotopic (exact) mass is 409 g/mol. The molecule has 5 nitrogen and oxygen atoms in total. The fourth-order valence-electron chi connectivity index (χ4n) is 4.81. The van der Waals surface area contributed by atoms with Crippen molar-refractivity contribution < 1.29 is 9.32 Å². The Morgan fingerprint density at radius 3 is 2.48 bits per heavy atom. The highest BCUT2D eigenvalue weighted by atomic mass is 16.5. The number of hydrogen-bond donors (Lipinski definition) is 1. The number of anilines is 3. The second-order valence-electron chi connectivity index (χ2n) is 8.59. The van der Waals surface area contributed by atoms with Gasteiger partial charge in [-0.1, -0.05) is 54.5 Å². The zero-order chi connectivity index (χ0) is 20.9. The lowest BCUT2D eigenvalue weighted by Gasteiger charge is -2.33. The van der Waals surface area contributed by atoms with Crippen molar-refractivity contribution in [2.75, 3.05) is 23.3 Å². The smallest absolute Gasteiger partial charge is 0.196 e. The molecule has 1 N–H and O–H groups in total. The molecule has 1 aliphatic heterocycles. The molecule has 154 valence electrons. The molecule has 4 aromatic rings. The lowest BCUT2D eigenvalue weighted by atomic mass is 9.86. The van der Waals surface area contributed by atoms with E-state index in [4.69, 9.17) is 4.52 Å². The van der Waals surface area contributed by atoms with Gasteiger partial charge in [-0.15, -0.1) is 0 Å². The van der Waals surface area contributed by atoms with Gasteiger partial charge in [-0.25, -0.2) is 0 Å². The largest absolute Gasteiger partial charge is 0.370 e. The van der Waals surface area contributed by atoms with Crippen LogP contribution in [0, 0.1) is 5.92 Å². The average molecular weight is 409 g/mol. The molecule has 1 aromatic heterocycles. The summed E-state index contributed by atoms with van der Waals surface area (Å²) in [7, 11) is 0. The second kappa shape index (κ2) is 6.98. The van der Waals surface area contributed by atoms with Crippen LogP contribution in [0.25, 0.3) is 22.2 Å². The SMILES string of the molecule is CC1CCN(c2cc(Nc3ccccc3)c3c4c(onc24)-c2ccccc2C3=O)CC1. The molecule has 2 heterocycles. The van der Waals surface area contributed by atoms with Crippen LogP contribution in [0.3, 0.4) is 0 Å². The minimum Gasteiger partial charge on any atom is -0.370 e. The summed E-state index contributed by atoms with van der Waals surface area (Å²) in [6.07, 6.45) is 2.30. The quantitative estimate of drug-likeness (QED) is 0.395. The fraction of sp³-hybridized carbons (Fsp3) is 0.231. The molecular weight excluding hydrogens is 386 g/mol. The fourth-order valence-corrected chi connectivity index (χ4v) is 4.81. The van der Waals surface area contributed by atoms with Gasteiger partial charge in [0.05, 0.1) is 22.3 Å². The number of carbonyl (C=O) groups is 1. The van der Waals surface area contributed by atoms with Crippen molar-refractivity contribution in [3.8, 4) is 11.3 Å². The van der Waals surface area contributed by atoms with E-state index in [1.165, 1.54) is 0 Å². The maximum Gasteiger partial charge on any atom is 0.196 e. The van der Waals surface area contributed by atoms with Gasteiger partial charge >= 0.3 is 0 Å². The lowest BCUT2D eigenvalue weighted by Crippen LogP contribution is -2.33. The van der Waals surface area contributed by atoms with Crippen molar-refractivity contribution in [2.24, 2.45) is 5.92 Å². The Hall–Kier alpha value is -3.60. The summed E-state index contributed by atoms with van der Waals surface area (Å²) >= 11 is 0. The van der Waals surface area contributed by atoms with Gasteiger partial charge < -0.3 is 14.7 Å². The van der Waals surface area contributed by atoms with Gasteiger partial charge in [-0.2, -0.15) is 0 Å². The Balaban J connectivity index is 1.60. The van der Waals surface area contributed by atoms with Crippen molar-refractivity contribution >= 4 is 33.7 Å². The molecule has 0 bridgehead atoms. The summed E-state index contributed by atoms with van der Waals surface area (Å²) in [6.45, 7) is 4.26. The maximum absolute atomic E-state index is 13.6. The van der Waals surface area contributed by atoms with Crippen LogP contribution < -0.4 is 10.2 Å². The first-order chi connectivity index (χ1) is 15.2. The van der Waals surface area contributed by atoms with Gasteiger partial charge in [0.25, 0.3) is 0 Å². The predicted molar refractivity (Wildman–Crippen MR) is 123 cm³/mol. The van der Waals surface area contributed by atoms with Crippen molar-refractivity contribution in [2.45, 2.75) is 19.8 Å². The van der Waals surface area contributed by atoms with Gasteiger partial charge in [0, 0.05) is 29.9 Å². The Morgan fingerprint density at radius 1 is 1.00 bits per heavy atom. The number of nitrogens with one attached hydrogen (secondary N) is 1.